The fourth-order valence-electron chi connectivity index (χ4n) is 3.38. The number of Topliss-reactive ketones (excluding diaryl/α,β-unsaturated/α-hetero) is 1. The van der Waals surface area contributed by atoms with E-state index >= 15 is 0 Å². The lowest BCUT2D eigenvalue weighted by atomic mass is 10.0. The summed E-state index contributed by atoms with van der Waals surface area (Å²) in [7, 11) is 0. The van der Waals surface area contributed by atoms with Crippen molar-refractivity contribution in [3.05, 3.63) is 101 Å². The first kappa shape index (κ1) is 20.2. The lowest BCUT2D eigenvalue weighted by molar-refractivity contribution is -0.689. The minimum atomic E-state index is -0.427. The number of ketones is 1. The second-order valence-electron chi connectivity index (χ2n) is 6.60. The van der Waals surface area contributed by atoms with Crippen molar-refractivity contribution in [1.29, 1.82) is 0 Å². The van der Waals surface area contributed by atoms with Gasteiger partial charge in [-0.2, -0.15) is 4.57 Å². The van der Waals surface area contributed by atoms with Gasteiger partial charge in [-0.15, -0.1) is 0 Å². The molecule has 3 aromatic heterocycles. The first-order valence-corrected chi connectivity index (χ1v) is 8.88. The van der Waals surface area contributed by atoms with Crippen molar-refractivity contribution in [3.63, 3.8) is 0 Å². The van der Waals surface area contributed by atoms with E-state index in [1.54, 1.807) is 12.1 Å². The second-order valence-corrected chi connectivity index (χ2v) is 6.60. The van der Waals surface area contributed by atoms with Crippen LogP contribution in [0.5, 0.6) is 0 Å². The molecule has 0 radical (unpaired) electrons. The minimum Gasteiger partial charge on any atom is -1.00 e. The van der Waals surface area contributed by atoms with Gasteiger partial charge in [-0.25, -0.2) is 0 Å². The summed E-state index contributed by atoms with van der Waals surface area (Å²) in [6.07, 6.45) is 3.71. The number of carbonyl (C=O) groups is 1. The van der Waals surface area contributed by atoms with Gasteiger partial charge in [0.05, 0.1) is 4.92 Å². The predicted octanol–water partition coefficient (Wildman–Crippen LogP) is 0.997. The Morgan fingerprint density at radius 3 is 2.62 bits per heavy atom. The molecule has 0 bridgehead atoms. The molecule has 6 nitrogen and oxygen atoms in total. The van der Waals surface area contributed by atoms with Gasteiger partial charge in [0.1, 0.15) is 5.69 Å². The Labute approximate surface area is 173 Å². The van der Waals surface area contributed by atoms with E-state index in [-0.39, 0.29) is 30.4 Å². The van der Waals surface area contributed by atoms with E-state index in [4.69, 9.17) is 0 Å². The van der Waals surface area contributed by atoms with Crippen LogP contribution in [0.3, 0.4) is 0 Å². The zero-order chi connectivity index (χ0) is 19.7. The number of aromatic nitrogens is 2. The van der Waals surface area contributed by atoms with Gasteiger partial charge in [-0.1, -0.05) is 24.3 Å². The highest BCUT2D eigenvalue weighted by Crippen LogP contribution is 2.30. The van der Waals surface area contributed by atoms with Gasteiger partial charge in [-0.05, 0) is 23.8 Å². The Morgan fingerprint density at radius 2 is 1.86 bits per heavy atom. The predicted molar refractivity (Wildman–Crippen MR) is 105 cm³/mol. The molecule has 29 heavy (non-hydrogen) atoms. The molecular formula is C22H18ClN3O3. The molecule has 0 unspecified atom stereocenters. The van der Waals surface area contributed by atoms with E-state index in [0.717, 1.165) is 11.2 Å². The topological polar surface area (TPSA) is 68.5 Å². The number of hydrogen-bond acceptors (Lipinski definition) is 3. The Kier molecular flexibility index (Phi) is 5.75. The van der Waals surface area contributed by atoms with E-state index in [0.29, 0.717) is 16.8 Å². The molecule has 0 amide bonds. The molecule has 7 heteroatoms. The average molecular weight is 408 g/mol. The summed E-state index contributed by atoms with van der Waals surface area (Å²) in [5, 5.41) is 11.2. The number of benzene rings is 1. The highest BCUT2D eigenvalue weighted by atomic mass is 35.5. The van der Waals surface area contributed by atoms with Crippen LogP contribution in [0.25, 0.3) is 16.6 Å². The van der Waals surface area contributed by atoms with Crippen molar-refractivity contribution >= 4 is 17.0 Å². The van der Waals surface area contributed by atoms with E-state index in [2.05, 4.69) is 0 Å². The van der Waals surface area contributed by atoms with Crippen molar-refractivity contribution in [3.8, 4) is 11.1 Å². The molecule has 4 aromatic rings. The number of nitro groups is 1. The Balaban J connectivity index is 0.00000240. The van der Waals surface area contributed by atoms with E-state index in [9.17, 15) is 14.9 Å². The van der Waals surface area contributed by atoms with Crippen LogP contribution in [0, 0.1) is 17.0 Å². The Bertz CT molecular complexity index is 1220. The third-order valence-electron chi connectivity index (χ3n) is 4.79. The first-order valence-electron chi connectivity index (χ1n) is 8.88. The summed E-state index contributed by atoms with van der Waals surface area (Å²) in [6, 6.07) is 19.7. The maximum Gasteiger partial charge on any atom is 0.270 e. The molecule has 0 atom stereocenters. The van der Waals surface area contributed by atoms with Crippen molar-refractivity contribution in [2.75, 3.05) is 0 Å². The number of nitro benzene ring substituents is 1. The monoisotopic (exact) mass is 407 g/mol. The fraction of sp³-hybridized carbons (Fsp3) is 0.0909. The van der Waals surface area contributed by atoms with Crippen LogP contribution in [0.15, 0.2) is 79.1 Å². The van der Waals surface area contributed by atoms with Crippen molar-refractivity contribution in [2.24, 2.45) is 0 Å². The molecular weight excluding hydrogens is 390 g/mol. The van der Waals surface area contributed by atoms with E-state index in [1.165, 1.54) is 12.1 Å². The molecule has 0 spiro atoms. The van der Waals surface area contributed by atoms with Gasteiger partial charge in [0.2, 0.25) is 12.3 Å². The van der Waals surface area contributed by atoms with Crippen molar-refractivity contribution in [2.45, 2.75) is 13.5 Å². The van der Waals surface area contributed by atoms with Gasteiger partial charge in [0.15, 0.2) is 11.9 Å². The largest absolute Gasteiger partial charge is 1.00 e. The summed E-state index contributed by atoms with van der Waals surface area (Å²) in [5.41, 5.74) is 3.70. The molecule has 0 fully saturated rings. The number of aryl methyl sites for hydroxylation is 1. The molecule has 1 aromatic carbocycles. The smallest absolute Gasteiger partial charge is 0.270 e. The summed E-state index contributed by atoms with van der Waals surface area (Å²) < 4.78 is 3.73. The SMILES string of the molecule is Cc1cccc[n+]1CC(=O)c1c(-c2cccc([N+](=O)[O-])c2)cc2ccccn12.[Cl-]. The molecule has 0 N–H and O–H groups in total. The lowest BCUT2D eigenvalue weighted by Gasteiger charge is -2.06. The maximum absolute atomic E-state index is 13.3. The number of fused-ring (bicyclic) bond motifs is 1. The maximum atomic E-state index is 13.3. The molecule has 0 aliphatic rings. The number of hydrogen-bond donors (Lipinski definition) is 0. The Morgan fingerprint density at radius 1 is 1.07 bits per heavy atom. The van der Waals surface area contributed by atoms with E-state index in [1.807, 2.05) is 70.7 Å². The summed E-state index contributed by atoms with van der Waals surface area (Å²) >= 11 is 0. The molecule has 0 aliphatic heterocycles. The lowest BCUT2D eigenvalue weighted by Crippen LogP contribution is -3.00. The zero-order valence-corrected chi connectivity index (χ0v) is 16.4. The summed E-state index contributed by atoms with van der Waals surface area (Å²) in [6.45, 7) is 2.14. The van der Waals surface area contributed by atoms with Crippen molar-refractivity contribution < 1.29 is 26.7 Å². The molecule has 0 saturated heterocycles. The molecule has 0 saturated carbocycles. The van der Waals surface area contributed by atoms with Crippen LogP contribution in [0.2, 0.25) is 0 Å². The van der Waals surface area contributed by atoms with Crippen LogP contribution < -0.4 is 17.0 Å². The quantitative estimate of drug-likeness (QED) is 0.214. The first-order chi connectivity index (χ1) is 13.5. The summed E-state index contributed by atoms with van der Waals surface area (Å²) in [4.78, 5) is 24.0. The standard InChI is InChI=1S/C22H18N3O3.ClH/c1-16-7-2-4-11-23(16)15-21(26)22-20(14-18-9-3-5-12-24(18)22)17-8-6-10-19(13-17)25(27)28;/h2-14H,15H2,1H3;1H/q+1;/p-1. The molecule has 0 aliphatic carbocycles. The number of non-ortho nitro benzene ring substituents is 1. The van der Waals surface area contributed by atoms with Crippen LogP contribution in [0.4, 0.5) is 5.69 Å². The van der Waals surface area contributed by atoms with Crippen LogP contribution in [0.1, 0.15) is 16.2 Å². The average Bonchev–Trinajstić information content (AvgIpc) is 3.09. The number of pyridine rings is 2. The number of carbonyl (C=O) groups excluding carboxylic acids is 1. The third kappa shape index (κ3) is 3.88. The van der Waals surface area contributed by atoms with Crippen LogP contribution in [-0.4, -0.2) is 15.1 Å². The van der Waals surface area contributed by atoms with E-state index < -0.39 is 4.92 Å². The minimum absolute atomic E-state index is 0. The number of rotatable bonds is 5. The van der Waals surface area contributed by atoms with Gasteiger partial charge in [0, 0.05) is 48.5 Å². The number of nitrogens with zero attached hydrogens (tertiary/aromatic N) is 3. The number of halogens is 1. The van der Waals surface area contributed by atoms with Gasteiger partial charge < -0.3 is 16.8 Å². The molecule has 3 heterocycles. The van der Waals surface area contributed by atoms with Crippen LogP contribution >= 0.6 is 0 Å². The van der Waals surface area contributed by atoms with Crippen LogP contribution in [-0.2, 0) is 6.54 Å². The normalized spacial score (nSPS) is 10.5. The van der Waals surface area contributed by atoms with Gasteiger partial charge in [-0.3, -0.25) is 14.9 Å². The second kappa shape index (κ2) is 8.24. The Hall–Kier alpha value is -3.51. The fourth-order valence-corrected chi connectivity index (χ4v) is 3.38. The third-order valence-corrected chi connectivity index (χ3v) is 4.79. The van der Waals surface area contributed by atoms with Gasteiger partial charge >= 0.3 is 0 Å². The molecule has 146 valence electrons. The molecule has 4 rings (SSSR count). The zero-order valence-electron chi connectivity index (χ0n) is 15.7. The highest BCUT2D eigenvalue weighted by molar-refractivity contribution is 6.02. The highest BCUT2D eigenvalue weighted by Gasteiger charge is 2.23. The van der Waals surface area contributed by atoms with Gasteiger partial charge in [0.25, 0.3) is 5.69 Å². The van der Waals surface area contributed by atoms with Crippen molar-refractivity contribution in [1.82, 2.24) is 4.40 Å². The summed E-state index contributed by atoms with van der Waals surface area (Å²) in [5.74, 6) is -0.0630.